The van der Waals surface area contributed by atoms with Crippen LogP contribution in [0.3, 0.4) is 0 Å². The zero-order valence-electron chi connectivity index (χ0n) is 52.3. The average molecular weight is 1130 g/mol. The second-order valence-corrected chi connectivity index (χ2v) is 25.4. The first kappa shape index (κ1) is 72.7. The molecule has 1 aliphatic heterocycles. The van der Waals surface area contributed by atoms with Gasteiger partial charge in [0.2, 0.25) is 59.1 Å². The number of amides is 10. The molecule has 0 aliphatic carbocycles. The lowest BCUT2D eigenvalue weighted by Gasteiger charge is -2.34. The van der Waals surface area contributed by atoms with Gasteiger partial charge in [0.15, 0.2) is 0 Å². The summed E-state index contributed by atoms with van der Waals surface area (Å²) in [5.74, 6) is -5.45. The van der Waals surface area contributed by atoms with Crippen LogP contribution < -0.4 is 47.9 Å². The molecule has 0 aromatic rings. The summed E-state index contributed by atoms with van der Waals surface area (Å²) >= 11 is 0. The molecule has 1 heterocycles. The molecule has 0 aromatic heterocycles. The van der Waals surface area contributed by atoms with E-state index in [1.807, 2.05) is 67.5 Å². The number of likely N-dealkylation sites (tertiary alicyclic amines) is 1. The SMILES string of the molecule is CCCCCCCC[C@@H](NC(=O)[C@H]1CCCN1C(=O)CCCCC)C(=O)N[C@H](CC(C)C)C(=O)NC(C)(C)C(=O)N[C@@H](CC(C)C)C(=O)N[C@@H](CC(C)C)C(=O)NC(C)(C)C(=O)NC(C)(C)C(=O)NCCC(=O)N[C@@H](C)CN(C)C. The van der Waals surface area contributed by atoms with Crippen LogP contribution in [0, 0.1) is 17.8 Å². The lowest BCUT2D eigenvalue weighted by Crippen LogP contribution is -2.65. The summed E-state index contributed by atoms with van der Waals surface area (Å²) in [6.07, 6.45) is 10.8. The van der Waals surface area contributed by atoms with Crippen LogP contribution in [0.4, 0.5) is 0 Å². The zero-order valence-corrected chi connectivity index (χ0v) is 52.3. The first-order valence-corrected chi connectivity index (χ1v) is 29.9. The molecule has 0 unspecified atom stereocenters. The summed E-state index contributed by atoms with van der Waals surface area (Å²) in [6, 6.07) is -5.17. The summed E-state index contributed by atoms with van der Waals surface area (Å²) in [5.41, 5.74) is -4.64. The van der Waals surface area contributed by atoms with E-state index in [2.05, 4.69) is 61.7 Å². The van der Waals surface area contributed by atoms with Crippen LogP contribution in [-0.2, 0) is 47.9 Å². The largest absolute Gasteiger partial charge is 0.354 e. The van der Waals surface area contributed by atoms with Gasteiger partial charge < -0.3 is 57.7 Å². The molecule has 0 radical (unpaired) electrons. The second-order valence-electron chi connectivity index (χ2n) is 25.4. The monoisotopic (exact) mass is 1130 g/mol. The Morgan fingerprint density at radius 2 is 0.975 bits per heavy atom. The molecule has 460 valence electrons. The van der Waals surface area contributed by atoms with E-state index in [-0.39, 0.29) is 67.8 Å². The van der Waals surface area contributed by atoms with Gasteiger partial charge in [-0.3, -0.25) is 47.9 Å². The van der Waals surface area contributed by atoms with E-state index < -0.39 is 94.1 Å². The van der Waals surface area contributed by atoms with Gasteiger partial charge in [-0.15, -0.1) is 0 Å². The Kier molecular flexibility index (Phi) is 32.3. The number of nitrogens with one attached hydrogen (secondary N) is 9. The van der Waals surface area contributed by atoms with E-state index in [0.29, 0.717) is 45.2 Å². The minimum absolute atomic E-state index is 0.0314. The Morgan fingerprint density at radius 1 is 0.512 bits per heavy atom. The summed E-state index contributed by atoms with van der Waals surface area (Å²) in [7, 11) is 3.80. The third-order valence-corrected chi connectivity index (χ3v) is 14.0. The Labute approximate surface area is 480 Å². The van der Waals surface area contributed by atoms with Crippen molar-refractivity contribution < 1.29 is 47.9 Å². The van der Waals surface area contributed by atoms with Gasteiger partial charge in [-0.1, -0.05) is 107 Å². The number of carbonyl (C=O) groups is 10. The van der Waals surface area contributed by atoms with E-state index in [0.717, 1.165) is 51.4 Å². The molecule has 1 saturated heterocycles. The molecule has 1 fully saturated rings. The predicted octanol–water partition coefficient (Wildman–Crippen LogP) is 4.64. The van der Waals surface area contributed by atoms with Crippen molar-refractivity contribution in [3.63, 3.8) is 0 Å². The maximum absolute atomic E-state index is 14.3. The Morgan fingerprint density at radius 3 is 1.49 bits per heavy atom. The molecule has 10 amide bonds. The Hall–Kier alpha value is -5.34. The first-order valence-electron chi connectivity index (χ1n) is 29.9. The summed E-state index contributed by atoms with van der Waals surface area (Å²) in [6.45, 7) is 27.4. The van der Waals surface area contributed by atoms with Crippen LogP contribution in [0.1, 0.15) is 213 Å². The highest BCUT2D eigenvalue weighted by atomic mass is 16.2. The molecule has 9 N–H and O–H groups in total. The second kappa shape index (κ2) is 35.5. The number of likely N-dealkylation sites (N-methyl/N-ethyl adjacent to an activating group) is 1. The van der Waals surface area contributed by atoms with E-state index in [1.54, 1.807) is 4.90 Å². The normalized spacial score (nSPS) is 15.8. The Bertz CT molecular complexity index is 2020. The predicted molar refractivity (Wildman–Crippen MR) is 313 cm³/mol. The molecule has 0 bridgehead atoms. The summed E-state index contributed by atoms with van der Waals surface area (Å²) in [5, 5.41) is 25.2. The van der Waals surface area contributed by atoms with Crippen molar-refractivity contribution in [2.24, 2.45) is 17.8 Å². The molecule has 0 spiro atoms. The fourth-order valence-electron chi connectivity index (χ4n) is 9.52. The van der Waals surface area contributed by atoms with Gasteiger partial charge >= 0.3 is 0 Å². The van der Waals surface area contributed by atoms with Gasteiger partial charge in [0.05, 0.1) is 0 Å². The van der Waals surface area contributed by atoms with E-state index >= 15 is 0 Å². The van der Waals surface area contributed by atoms with Crippen LogP contribution in [0.15, 0.2) is 0 Å². The fourth-order valence-corrected chi connectivity index (χ4v) is 9.52. The molecule has 80 heavy (non-hydrogen) atoms. The quantitative estimate of drug-likeness (QED) is 0.0384. The van der Waals surface area contributed by atoms with Crippen LogP contribution in [0.25, 0.3) is 0 Å². The molecule has 21 nitrogen and oxygen atoms in total. The first-order chi connectivity index (χ1) is 37.2. The van der Waals surface area contributed by atoms with Gasteiger partial charge in [0.25, 0.3) is 0 Å². The molecular formula is C59H109N11O10. The van der Waals surface area contributed by atoms with Crippen molar-refractivity contribution in [1.82, 2.24) is 57.7 Å². The van der Waals surface area contributed by atoms with E-state index in [1.165, 1.54) is 41.5 Å². The minimum atomic E-state index is -1.62. The number of rotatable bonds is 38. The lowest BCUT2D eigenvalue weighted by atomic mass is 9.96. The Balaban J connectivity index is 3.24. The maximum Gasteiger partial charge on any atom is 0.246 e. The van der Waals surface area contributed by atoms with Gasteiger partial charge in [-0.25, -0.2) is 0 Å². The number of hydrogen-bond donors (Lipinski definition) is 9. The highest BCUT2D eigenvalue weighted by Crippen LogP contribution is 2.21. The van der Waals surface area contributed by atoms with E-state index in [9.17, 15) is 47.9 Å². The van der Waals surface area contributed by atoms with Crippen molar-refractivity contribution in [3.8, 4) is 0 Å². The average Bonchev–Trinajstić information content (AvgIpc) is 3.83. The highest BCUT2D eigenvalue weighted by molar-refractivity contribution is 6.00. The van der Waals surface area contributed by atoms with Crippen molar-refractivity contribution in [2.75, 3.05) is 33.7 Å². The van der Waals surface area contributed by atoms with Crippen LogP contribution in [-0.4, -0.2) is 155 Å². The smallest absolute Gasteiger partial charge is 0.246 e. The van der Waals surface area contributed by atoms with Crippen molar-refractivity contribution in [2.45, 2.75) is 266 Å². The highest BCUT2D eigenvalue weighted by Gasteiger charge is 2.41. The number of hydrogen-bond acceptors (Lipinski definition) is 11. The standard InChI is InChI=1S/C59H109N11O10/c1-18-20-22-23-24-26-28-42(62-53(77)46-29-27-33-70(46)48(72)30-25-21-19-2)49(73)63-44(35-39(5)6)51(75)66-58(12,13)55(79)65-43(34-38(3)4)50(74)64-45(36-40(7)8)52(76)67-59(14,15)56(80)68-57(10,11)54(78)60-32-31-47(71)61-41(9)37-69(16)17/h38-46H,18-37H2,1-17H3,(H,60,78)(H,61,71)(H,62,77)(H,63,73)(H,64,74)(H,65,79)(H,66,75)(H,67,76)(H,68,80)/t41-,42+,43-,44+,45-,46+/m0/s1. The summed E-state index contributed by atoms with van der Waals surface area (Å²) in [4.78, 5) is 141. The third kappa shape index (κ3) is 27.4. The van der Waals surface area contributed by atoms with Crippen molar-refractivity contribution in [1.29, 1.82) is 0 Å². The molecule has 0 aromatic carbocycles. The zero-order chi connectivity index (χ0) is 61.1. The topological polar surface area (TPSA) is 285 Å². The maximum atomic E-state index is 14.3. The minimum Gasteiger partial charge on any atom is -0.354 e. The summed E-state index contributed by atoms with van der Waals surface area (Å²) < 4.78 is 0. The van der Waals surface area contributed by atoms with Crippen LogP contribution in [0.5, 0.6) is 0 Å². The van der Waals surface area contributed by atoms with Gasteiger partial charge in [-0.05, 0) is 125 Å². The molecule has 0 saturated carbocycles. The van der Waals surface area contributed by atoms with Crippen molar-refractivity contribution in [3.05, 3.63) is 0 Å². The van der Waals surface area contributed by atoms with Gasteiger partial charge in [-0.2, -0.15) is 0 Å². The number of carbonyl (C=O) groups excluding carboxylic acids is 10. The lowest BCUT2D eigenvalue weighted by molar-refractivity contribution is -0.140. The fraction of sp³-hybridized carbons (Fsp3) is 0.831. The van der Waals surface area contributed by atoms with Crippen LogP contribution in [0.2, 0.25) is 0 Å². The molecule has 1 rings (SSSR count). The molecule has 1 aliphatic rings. The van der Waals surface area contributed by atoms with Gasteiger partial charge in [0.1, 0.15) is 46.8 Å². The number of unbranched alkanes of at least 4 members (excludes halogenated alkanes) is 7. The molecule has 6 atom stereocenters. The van der Waals surface area contributed by atoms with Crippen LogP contribution >= 0.6 is 0 Å². The number of nitrogens with zero attached hydrogens (tertiary/aromatic N) is 2. The van der Waals surface area contributed by atoms with Gasteiger partial charge in [0, 0.05) is 38.5 Å². The van der Waals surface area contributed by atoms with E-state index in [4.69, 9.17) is 0 Å². The van der Waals surface area contributed by atoms with Crippen molar-refractivity contribution >= 4 is 59.1 Å². The molecule has 21 heteroatoms. The molecular weight excluding hydrogens is 1020 g/mol. The third-order valence-electron chi connectivity index (χ3n) is 14.0.